The second-order valence-electron chi connectivity index (χ2n) is 1.15. The summed E-state index contributed by atoms with van der Waals surface area (Å²) >= 11 is 0. The topological polar surface area (TPSA) is 369 Å². The molecule has 0 amide bonds. The molecule has 0 unspecified atom stereocenters. The standard InChI is InChI=1S/2C2H2O4.2K.2Mo.2H2O.5O/c2*3-1(4)2(5)6;;;;;;;;;;;/h2*(H,3,4)(H,5,6);;;;;2*1H2;;;;;/q;;2*+1;;;;;5*-2/p-2. The van der Waals surface area contributed by atoms with Gasteiger partial charge in [0.25, 0.3) is 0 Å². The van der Waals surface area contributed by atoms with Gasteiger partial charge in [0, 0.05) is 42.1 Å². The van der Waals surface area contributed by atoms with Crippen LogP contribution >= 0.6 is 0 Å². The minimum Gasteiger partial charge on any atom is -2.00 e. The summed E-state index contributed by atoms with van der Waals surface area (Å²) in [5.41, 5.74) is 0. The fourth-order valence-electron chi connectivity index (χ4n) is 0. The molecule has 0 saturated heterocycles. The van der Waals surface area contributed by atoms with Crippen molar-refractivity contribution in [2.45, 2.75) is 0 Å². The monoisotopic (exact) mass is 568 g/mol. The Balaban J connectivity index is -0.00000000535. The van der Waals surface area contributed by atoms with Crippen LogP contribution in [0.15, 0.2) is 0 Å². The summed E-state index contributed by atoms with van der Waals surface area (Å²) < 4.78 is 0. The van der Waals surface area contributed by atoms with Crippen LogP contribution in [-0.2, 0) is 99.6 Å². The van der Waals surface area contributed by atoms with Crippen LogP contribution in [0, 0.1) is 0 Å². The minimum absolute atomic E-state index is 0. The summed E-state index contributed by atoms with van der Waals surface area (Å²) in [5.74, 6) is -8.74. The molecule has 136 valence electrons. The molecule has 0 aromatic heterocycles. The third-order valence-electron chi connectivity index (χ3n) is 0.333. The molecule has 0 rings (SSSR count). The Hall–Kier alpha value is 2.25. The van der Waals surface area contributed by atoms with Gasteiger partial charge >= 0.3 is 103 Å². The maximum Gasteiger partial charge on any atom is 1.00 e. The number of rotatable bonds is 0. The number of hydrogen-bond acceptors (Lipinski definition) is 8. The number of carbonyl (C=O) groups excluding carboxylic acids is 4. The Morgan fingerprint density at radius 1 is 0.435 bits per heavy atom. The minimum atomic E-state index is -2.19. The van der Waals surface area contributed by atoms with E-state index in [2.05, 4.69) is 0 Å². The van der Waals surface area contributed by atoms with Crippen molar-refractivity contribution in [1.82, 2.24) is 0 Å². The Kier molecular flexibility index (Phi) is 278. The van der Waals surface area contributed by atoms with Crippen LogP contribution < -0.4 is 123 Å². The second kappa shape index (κ2) is 64.6. The first kappa shape index (κ1) is 99.0. The van der Waals surface area contributed by atoms with E-state index in [1.54, 1.807) is 0 Å². The van der Waals surface area contributed by atoms with Crippen molar-refractivity contribution >= 4 is 23.9 Å². The maximum absolute atomic E-state index is 8.93. The number of carbonyl (C=O) groups is 4. The van der Waals surface area contributed by atoms with Crippen LogP contribution in [0.25, 0.3) is 0 Å². The summed E-state index contributed by atoms with van der Waals surface area (Å²) in [6.07, 6.45) is 0. The van der Waals surface area contributed by atoms with Crippen LogP contribution in [0.5, 0.6) is 0 Å². The number of carboxylic acids is 4. The van der Waals surface area contributed by atoms with Crippen LogP contribution in [0.2, 0.25) is 0 Å². The SMILES string of the molecule is O=C([O-])C(=O)[O-].O=C([O-])C(=O)[O-].[K+].[K+].[Mo].[Mo].[O-2].[O-2].[O-2].[O-2].[O-2].[OH3+].[OH3+]. The van der Waals surface area contributed by atoms with Crippen LogP contribution in [0.1, 0.15) is 0 Å². The summed E-state index contributed by atoms with van der Waals surface area (Å²) in [5, 5.41) is 35.7. The molecule has 15 nitrogen and oxygen atoms in total. The molecule has 0 saturated carbocycles. The Morgan fingerprint density at radius 3 is 0.478 bits per heavy atom. The van der Waals surface area contributed by atoms with E-state index in [0.29, 0.717) is 0 Å². The molecular weight excluding hydrogens is 558 g/mol. The fraction of sp³-hybridized carbons (Fsp3) is 0. The van der Waals surface area contributed by atoms with Gasteiger partial charge in [0.1, 0.15) is 0 Å². The molecular formula is C4H6K2Mo2O15-10. The molecule has 0 aromatic carbocycles. The first-order chi connectivity index (χ1) is 5.29. The zero-order valence-electron chi connectivity index (χ0n) is 11.3. The number of aliphatic carboxylic acids is 4. The molecule has 0 aromatic rings. The summed E-state index contributed by atoms with van der Waals surface area (Å²) in [6, 6.07) is 0. The predicted molar refractivity (Wildman–Crippen MR) is 33.2 cm³/mol. The van der Waals surface area contributed by atoms with Gasteiger partial charge in [-0.05, 0) is 0 Å². The van der Waals surface area contributed by atoms with Gasteiger partial charge in [-0.1, -0.05) is 0 Å². The molecule has 19 heteroatoms. The van der Waals surface area contributed by atoms with Crippen molar-refractivity contribution in [3.63, 3.8) is 0 Å². The predicted octanol–water partition coefficient (Wildman–Crippen LogP) is -15.5. The number of hydrogen-bond donors (Lipinski definition) is 0. The third-order valence-corrected chi connectivity index (χ3v) is 0.333. The van der Waals surface area contributed by atoms with Crippen molar-refractivity contribution in [1.29, 1.82) is 0 Å². The fourth-order valence-corrected chi connectivity index (χ4v) is 0. The zero-order chi connectivity index (χ0) is 10.3. The average molecular weight is 564 g/mol. The normalized spacial score (nSPS) is 3.83. The molecule has 6 N–H and O–H groups in total. The van der Waals surface area contributed by atoms with Gasteiger partial charge in [-0.2, -0.15) is 0 Å². The van der Waals surface area contributed by atoms with Crippen molar-refractivity contribution in [3.8, 4) is 0 Å². The molecule has 0 bridgehead atoms. The molecule has 0 aliphatic heterocycles. The van der Waals surface area contributed by atoms with Gasteiger partial charge in [-0.15, -0.1) is 0 Å². The van der Waals surface area contributed by atoms with E-state index in [1.807, 2.05) is 0 Å². The first-order valence-electron chi connectivity index (χ1n) is 2.13. The van der Waals surface area contributed by atoms with Gasteiger partial charge in [-0.3, -0.25) is 0 Å². The molecule has 0 fully saturated rings. The molecule has 0 atom stereocenters. The van der Waals surface area contributed by atoms with E-state index in [0.717, 1.165) is 0 Å². The smallest absolute Gasteiger partial charge is 1.00 e. The summed E-state index contributed by atoms with van der Waals surface area (Å²) in [7, 11) is 0. The zero-order valence-corrected chi connectivity index (χ0v) is 21.5. The Morgan fingerprint density at radius 2 is 0.478 bits per heavy atom. The van der Waals surface area contributed by atoms with E-state index in [-0.39, 0.29) is 183 Å². The molecule has 23 heavy (non-hydrogen) atoms. The molecule has 0 aliphatic rings. The van der Waals surface area contributed by atoms with Crippen LogP contribution in [-0.4, -0.2) is 23.9 Å². The van der Waals surface area contributed by atoms with Gasteiger partial charge in [0.05, 0.1) is 23.9 Å². The molecule has 0 heterocycles. The van der Waals surface area contributed by atoms with Crippen molar-refractivity contribution in [3.05, 3.63) is 0 Å². The molecule has 0 aliphatic carbocycles. The van der Waals surface area contributed by atoms with E-state index in [1.165, 1.54) is 0 Å². The molecule has 0 spiro atoms. The first-order valence-corrected chi connectivity index (χ1v) is 2.13. The largest absolute Gasteiger partial charge is 2.00 e. The number of carboxylic acid groups (broad SMARTS) is 4. The Labute approximate surface area is 242 Å². The summed E-state index contributed by atoms with van der Waals surface area (Å²) in [4.78, 5) is 35.7. The van der Waals surface area contributed by atoms with Gasteiger partial charge < -0.3 is 77.9 Å². The quantitative estimate of drug-likeness (QED) is 0.154. The van der Waals surface area contributed by atoms with Gasteiger partial charge in [0.2, 0.25) is 0 Å². The third kappa shape index (κ3) is 114. The van der Waals surface area contributed by atoms with Crippen LogP contribution in [0.4, 0.5) is 0 Å². The van der Waals surface area contributed by atoms with E-state index < -0.39 is 23.9 Å². The van der Waals surface area contributed by atoms with Crippen molar-refractivity contribution < 1.29 is 223 Å². The van der Waals surface area contributed by atoms with Crippen LogP contribution in [0.3, 0.4) is 0 Å². The Bertz CT molecular complexity index is 190. The second-order valence-corrected chi connectivity index (χ2v) is 1.15. The average Bonchev–Trinajstić information content (AvgIpc) is 1.88. The van der Waals surface area contributed by atoms with Crippen molar-refractivity contribution in [2.24, 2.45) is 0 Å². The summed E-state index contributed by atoms with van der Waals surface area (Å²) in [6.45, 7) is 0. The maximum atomic E-state index is 8.93. The molecule has 0 radical (unpaired) electrons. The van der Waals surface area contributed by atoms with Gasteiger partial charge in [0.15, 0.2) is 0 Å². The van der Waals surface area contributed by atoms with E-state index in [9.17, 15) is 0 Å². The van der Waals surface area contributed by atoms with E-state index in [4.69, 9.17) is 39.6 Å². The van der Waals surface area contributed by atoms with E-state index >= 15 is 0 Å². The van der Waals surface area contributed by atoms with Gasteiger partial charge in [-0.25, -0.2) is 0 Å². The van der Waals surface area contributed by atoms with Crippen molar-refractivity contribution in [2.75, 3.05) is 0 Å².